The van der Waals surface area contributed by atoms with E-state index in [9.17, 15) is 13.8 Å². The number of amides is 1. The molecule has 120 valence electrons. The van der Waals surface area contributed by atoms with Gasteiger partial charge in [-0.25, -0.2) is 13.8 Å². The lowest BCUT2D eigenvalue weighted by Crippen LogP contribution is -2.06. The zero-order valence-electron chi connectivity index (χ0n) is 12.3. The summed E-state index contributed by atoms with van der Waals surface area (Å²) in [6, 6.07) is 14.4. The molecule has 0 heterocycles. The highest BCUT2D eigenvalue weighted by Crippen LogP contribution is 2.14. The number of hydrogen-bond donors (Lipinski definition) is 1. The number of carboxylic acid groups (broad SMARTS) is 1. The van der Waals surface area contributed by atoms with Crippen LogP contribution in [0.3, 0.4) is 0 Å². The van der Waals surface area contributed by atoms with E-state index in [1.54, 1.807) is 12.1 Å². The van der Waals surface area contributed by atoms with E-state index in [4.69, 9.17) is 9.84 Å². The number of carboxylic acids is 1. The maximum Gasteiger partial charge on any atom is 0.442 e. The van der Waals surface area contributed by atoms with Gasteiger partial charge in [0.15, 0.2) is 0 Å². The summed E-state index contributed by atoms with van der Waals surface area (Å²) < 4.78 is 21.0. The molecule has 0 bridgehead atoms. The number of rotatable bonds is 4. The molecule has 0 saturated heterocycles. The lowest BCUT2D eigenvalue weighted by Gasteiger charge is -2.05. The second kappa shape index (κ2) is 7.06. The Kier molecular flexibility index (Phi) is 5.13. The molecule has 1 amide bonds. The van der Waals surface area contributed by atoms with Crippen LogP contribution >= 0.6 is 0 Å². The minimum Gasteiger partial charge on any atom is -0.478 e. The largest absolute Gasteiger partial charge is 0.478 e. The van der Waals surface area contributed by atoms with Crippen molar-refractivity contribution >= 4 is 21.8 Å². The van der Waals surface area contributed by atoms with Crippen molar-refractivity contribution in [2.24, 2.45) is 4.36 Å². The lowest BCUT2D eigenvalue weighted by molar-refractivity contribution is 0.0696. The van der Waals surface area contributed by atoms with Crippen LogP contribution < -0.4 is 0 Å². The van der Waals surface area contributed by atoms with Gasteiger partial charge in [-0.3, -0.25) is 0 Å². The topological polar surface area (TPSA) is 93.0 Å². The van der Waals surface area contributed by atoms with Gasteiger partial charge in [0.2, 0.25) is 0 Å². The van der Waals surface area contributed by atoms with E-state index in [1.165, 1.54) is 30.5 Å². The number of hydrogen-bond acceptors (Lipinski definition) is 4. The molecule has 6 nitrogen and oxygen atoms in total. The summed E-state index contributed by atoms with van der Waals surface area (Å²) in [5.74, 6) is -1.08. The Balaban J connectivity index is 2.11. The third-order valence-corrected chi connectivity index (χ3v) is 4.64. The van der Waals surface area contributed by atoms with Gasteiger partial charge in [0.25, 0.3) is 0 Å². The maximum atomic E-state index is 12.5. The molecule has 0 fully saturated rings. The zero-order valence-corrected chi connectivity index (χ0v) is 13.2. The summed E-state index contributed by atoms with van der Waals surface area (Å²) >= 11 is 0. The van der Waals surface area contributed by atoms with Gasteiger partial charge in [0.05, 0.1) is 15.3 Å². The third kappa shape index (κ3) is 4.65. The number of benzene rings is 2. The standard InChI is InChI=1S/C16H15NO5S/c1-23(21,14-9-7-13(8-10-14)15(18)19)17-16(20)22-11-12-5-3-2-4-6-12/h2-10H,11H2,1H3,(H,18,19)/t23-/m0/s1. The molecule has 2 aromatic carbocycles. The molecule has 0 unspecified atom stereocenters. The average Bonchev–Trinajstić information content (AvgIpc) is 2.53. The fraction of sp³-hybridized carbons (Fsp3) is 0.125. The number of carbonyl (C=O) groups excluding carboxylic acids is 1. The smallest absolute Gasteiger partial charge is 0.442 e. The highest BCUT2D eigenvalue weighted by atomic mass is 32.2. The Labute approximate surface area is 133 Å². The number of nitrogens with zero attached hydrogens (tertiary/aromatic N) is 1. The van der Waals surface area contributed by atoms with Crippen LogP contribution in [0, 0.1) is 0 Å². The summed E-state index contributed by atoms with van der Waals surface area (Å²) in [5.41, 5.74) is 0.861. The van der Waals surface area contributed by atoms with Crippen molar-refractivity contribution in [2.75, 3.05) is 6.26 Å². The Morgan fingerprint density at radius 1 is 1.09 bits per heavy atom. The minimum atomic E-state index is -3.00. The lowest BCUT2D eigenvalue weighted by atomic mass is 10.2. The van der Waals surface area contributed by atoms with Gasteiger partial charge in [-0.05, 0) is 29.8 Å². The van der Waals surface area contributed by atoms with Crippen LogP contribution in [0.4, 0.5) is 4.79 Å². The van der Waals surface area contributed by atoms with Crippen LogP contribution in [0.15, 0.2) is 63.9 Å². The van der Waals surface area contributed by atoms with E-state index >= 15 is 0 Å². The van der Waals surface area contributed by atoms with Gasteiger partial charge >= 0.3 is 12.1 Å². The van der Waals surface area contributed by atoms with Crippen LogP contribution in [-0.4, -0.2) is 27.6 Å². The molecule has 0 aliphatic rings. The Morgan fingerprint density at radius 2 is 1.70 bits per heavy atom. The van der Waals surface area contributed by atoms with Crippen molar-refractivity contribution in [3.05, 3.63) is 65.7 Å². The van der Waals surface area contributed by atoms with Gasteiger partial charge in [-0.2, -0.15) is 0 Å². The zero-order chi connectivity index (χ0) is 16.9. The minimum absolute atomic E-state index is 0.0383. The summed E-state index contributed by atoms with van der Waals surface area (Å²) in [5, 5.41) is 8.83. The normalized spacial score (nSPS) is 12.9. The fourth-order valence-corrected chi connectivity index (χ4v) is 2.87. The van der Waals surface area contributed by atoms with Crippen molar-refractivity contribution in [2.45, 2.75) is 11.5 Å². The quantitative estimate of drug-likeness (QED) is 0.927. The van der Waals surface area contributed by atoms with Gasteiger partial charge < -0.3 is 9.84 Å². The molecule has 0 aromatic heterocycles. The molecule has 0 saturated carbocycles. The van der Waals surface area contributed by atoms with Gasteiger partial charge in [-0.1, -0.05) is 30.3 Å². The van der Waals surface area contributed by atoms with Crippen LogP contribution in [0.1, 0.15) is 15.9 Å². The first-order valence-corrected chi connectivity index (χ1v) is 8.57. The second-order valence-corrected chi connectivity index (χ2v) is 7.02. The third-order valence-electron chi connectivity index (χ3n) is 2.99. The van der Waals surface area contributed by atoms with Gasteiger partial charge in [-0.15, -0.1) is 4.36 Å². The molecule has 23 heavy (non-hydrogen) atoms. The van der Waals surface area contributed by atoms with E-state index in [-0.39, 0.29) is 17.1 Å². The average molecular weight is 333 g/mol. The molecule has 1 N–H and O–H groups in total. The molecule has 1 atom stereocenters. The molecular weight excluding hydrogens is 318 g/mol. The maximum absolute atomic E-state index is 12.5. The molecular formula is C16H15NO5S. The van der Waals surface area contributed by atoms with Gasteiger partial charge in [0, 0.05) is 11.2 Å². The Hall–Kier alpha value is -2.67. The Morgan fingerprint density at radius 3 is 2.26 bits per heavy atom. The van der Waals surface area contributed by atoms with Crippen molar-refractivity contribution in [3.63, 3.8) is 0 Å². The first kappa shape index (κ1) is 16.7. The van der Waals surface area contributed by atoms with Crippen LogP contribution in [0.5, 0.6) is 0 Å². The summed E-state index contributed by atoms with van der Waals surface area (Å²) in [4.78, 5) is 22.8. The summed E-state index contributed by atoms with van der Waals surface area (Å²) in [6.07, 6.45) is 0.371. The van der Waals surface area contributed by atoms with E-state index in [0.29, 0.717) is 0 Å². The molecule has 0 radical (unpaired) electrons. The molecule has 2 rings (SSSR count). The van der Waals surface area contributed by atoms with E-state index in [2.05, 4.69) is 4.36 Å². The van der Waals surface area contributed by atoms with Crippen LogP contribution in [0.2, 0.25) is 0 Å². The number of ether oxygens (including phenoxy) is 1. The number of aromatic carboxylic acids is 1. The first-order valence-electron chi connectivity index (χ1n) is 6.65. The van der Waals surface area contributed by atoms with E-state index in [1.807, 2.05) is 18.2 Å². The van der Waals surface area contributed by atoms with Crippen molar-refractivity contribution in [1.29, 1.82) is 0 Å². The molecule has 7 heteroatoms. The fourth-order valence-electron chi connectivity index (χ4n) is 1.79. The summed E-state index contributed by atoms with van der Waals surface area (Å²) in [6.45, 7) is 0.0383. The van der Waals surface area contributed by atoms with E-state index in [0.717, 1.165) is 5.56 Å². The number of carbonyl (C=O) groups is 2. The Bertz CT molecular complexity index is 821. The highest BCUT2D eigenvalue weighted by molar-refractivity contribution is 7.93. The molecule has 0 spiro atoms. The van der Waals surface area contributed by atoms with E-state index < -0.39 is 21.8 Å². The van der Waals surface area contributed by atoms with Crippen molar-refractivity contribution in [3.8, 4) is 0 Å². The second-order valence-electron chi connectivity index (χ2n) is 4.76. The monoisotopic (exact) mass is 333 g/mol. The SMILES string of the molecule is C[S@@](=O)(=NC(=O)OCc1ccccc1)c1ccc(C(=O)O)cc1. The predicted molar refractivity (Wildman–Crippen MR) is 84.8 cm³/mol. The van der Waals surface area contributed by atoms with Crippen molar-refractivity contribution in [1.82, 2.24) is 0 Å². The van der Waals surface area contributed by atoms with Crippen molar-refractivity contribution < 1.29 is 23.6 Å². The summed E-state index contributed by atoms with van der Waals surface area (Å²) in [7, 11) is -3.00. The molecule has 0 aliphatic carbocycles. The van der Waals surface area contributed by atoms with Crippen LogP contribution in [0.25, 0.3) is 0 Å². The predicted octanol–water partition coefficient (Wildman–Crippen LogP) is 3.18. The van der Waals surface area contributed by atoms with Gasteiger partial charge in [0.1, 0.15) is 6.61 Å². The molecule has 0 aliphatic heterocycles. The molecule has 2 aromatic rings. The highest BCUT2D eigenvalue weighted by Gasteiger charge is 2.12. The van der Waals surface area contributed by atoms with Crippen LogP contribution in [-0.2, 0) is 21.1 Å². The first-order chi connectivity index (χ1) is 10.9.